The largest absolute Gasteiger partial charge is 0.336 e. The predicted octanol–water partition coefficient (Wildman–Crippen LogP) is 3.58. The van der Waals surface area contributed by atoms with E-state index >= 15 is 0 Å². The monoisotopic (exact) mass is 381 g/mol. The van der Waals surface area contributed by atoms with E-state index in [9.17, 15) is 14.0 Å². The highest BCUT2D eigenvalue weighted by molar-refractivity contribution is 5.99. The van der Waals surface area contributed by atoms with Crippen molar-refractivity contribution in [3.8, 4) is 0 Å². The molecule has 0 bridgehead atoms. The van der Waals surface area contributed by atoms with Gasteiger partial charge in [-0.15, -0.1) is 0 Å². The van der Waals surface area contributed by atoms with E-state index in [0.717, 1.165) is 31.4 Å². The normalized spacial score (nSPS) is 22.6. The summed E-state index contributed by atoms with van der Waals surface area (Å²) < 4.78 is 13.3. The molecule has 2 aromatic rings. The lowest BCUT2D eigenvalue weighted by Crippen LogP contribution is -2.57. The first kappa shape index (κ1) is 18.6. The highest BCUT2D eigenvalue weighted by atomic mass is 19.1. The van der Waals surface area contributed by atoms with Crippen molar-refractivity contribution in [1.82, 2.24) is 9.88 Å². The van der Waals surface area contributed by atoms with Gasteiger partial charge in [0.25, 0.3) is 5.91 Å². The summed E-state index contributed by atoms with van der Waals surface area (Å²) in [5.74, 6) is -0.391. The van der Waals surface area contributed by atoms with Gasteiger partial charge >= 0.3 is 0 Å². The van der Waals surface area contributed by atoms with Crippen molar-refractivity contribution in [2.75, 3.05) is 24.5 Å². The minimum absolute atomic E-state index is 0.0417. The predicted molar refractivity (Wildman–Crippen MR) is 105 cm³/mol. The number of rotatable bonds is 2. The average molecular weight is 381 g/mol. The molecule has 28 heavy (non-hydrogen) atoms. The Kier molecular flexibility index (Phi) is 4.87. The van der Waals surface area contributed by atoms with Crippen LogP contribution in [0.15, 0.2) is 42.5 Å². The molecule has 0 N–H and O–H groups in total. The van der Waals surface area contributed by atoms with Crippen LogP contribution < -0.4 is 4.90 Å². The molecule has 2 saturated heterocycles. The number of aryl methyl sites for hydroxylation is 1. The zero-order chi connectivity index (χ0) is 19.7. The molecule has 146 valence electrons. The molecular weight excluding hydrogens is 357 g/mol. The van der Waals surface area contributed by atoms with Crippen LogP contribution in [0.5, 0.6) is 0 Å². The third-order valence-electron chi connectivity index (χ3n) is 5.85. The quantitative estimate of drug-likeness (QED) is 0.799. The summed E-state index contributed by atoms with van der Waals surface area (Å²) in [6.45, 7) is 3.54. The molecule has 6 heteroatoms. The van der Waals surface area contributed by atoms with Crippen molar-refractivity contribution in [1.29, 1.82) is 0 Å². The molecule has 1 atom stereocenters. The number of carbonyl (C=O) groups is 2. The van der Waals surface area contributed by atoms with Crippen LogP contribution in [-0.2, 0) is 4.79 Å². The van der Waals surface area contributed by atoms with Crippen molar-refractivity contribution in [3.05, 3.63) is 59.7 Å². The molecule has 1 unspecified atom stereocenters. The van der Waals surface area contributed by atoms with Crippen molar-refractivity contribution in [3.63, 3.8) is 0 Å². The summed E-state index contributed by atoms with van der Waals surface area (Å²) in [5.41, 5.74) is 1.38. The van der Waals surface area contributed by atoms with Crippen LogP contribution in [0.3, 0.4) is 0 Å². The fourth-order valence-electron chi connectivity index (χ4n) is 4.45. The van der Waals surface area contributed by atoms with Gasteiger partial charge in [-0.25, -0.2) is 9.37 Å². The Labute approximate surface area is 164 Å². The van der Waals surface area contributed by atoms with E-state index in [1.807, 2.05) is 19.1 Å². The number of amides is 2. The van der Waals surface area contributed by atoms with Crippen LogP contribution in [0.4, 0.5) is 10.1 Å². The summed E-state index contributed by atoms with van der Waals surface area (Å²) in [6, 6.07) is 11.5. The second-order valence-electron chi connectivity index (χ2n) is 7.81. The first-order chi connectivity index (χ1) is 13.5. The molecule has 1 aromatic heterocycles. The van der Waals surface area contributed by atoms with Crippen LogP contribution >= 0.6 is 0 Å². The summed E-state index contributed by atoms with van der Waals surface area (Å²) in [6.07, 6.45) is 3.21. The summed E-state index contributed by atoms with van der Waals surface area (Å²) >= 11 is 0. The molecule has 1 spiro atoms. The number of hydrogen-bond acceptors (Lipinski definition) is 3. The molecule has 2 aliphatic heterocycles. The Hall–Kier alpha value is -2.76. The van der Waals surface area contributed by atoms with Crippen LogP contribution in [0.2, 0.25) is 0 Å². The number of aromatic nitrogens is 1. The molecule has 3 heterocycles. The molecular formula is C22H24FN3O2. The smallest absolute Gasteiger partial charge is 0.272 e. The highest BCUT2D eigenvalue weighted by Crippen LogP contribution is 2.41. The van der Waals surface area contributed by atoms with Gasteiger partial charge in [0, 0.05) is 31.0 Å². The van der Waals surface area contributed by atoms with Crippen molar-refractivity contribution in [2.45, 2.75) is 32.6 Å². The van der Waals surface area contributed by atoms with Crippen LogP contribution in [0.25, 0.3) is 0 Å². The number of pyridine rings is 1. The molecule has 2 amide bonds. The van der Waals surface area contributed by atoms with Gasteiger partial charge in [0.1, 0.15) is 11.5 Å². The number of nitrogens with zero attached hydrogens (tertiary/aromatic N) is 3. The molecule has 1 aromatic carbocycles. The Balaban J connectivity index is 1.57. The maximum atomic E-state index is 13.4. The Bertz CT molecular complexity index is 895. The van der Waals surface area contributed by atoms with Gasteiger partial charge in [0.2, 0.25) is 5.91 Å². The lowest BCUT2D eigenvalue weighted by Gasteiger charge is -2.47. The number of carbonyl (C=O) groups excluding carboxylic acids is 2. The zero-order valence-corrected chi connectivity index (χ0v) is 16.0. The molecule has 4 rings (SSSR count). The van der Waals surface area contributed by atoms with Crippen LogP contribution in [-0.4, -0.2) is 41.3 Å². The van der Waals surface area contributed by atoms with E-state index in [-0.39, 0.29) is 17.6 Å². The fourth-order valence-corrected chi connectivity index (χ4v) is 4.45. The number of halogens is 1. The summed E-state index contributed by atoms with van der Waals surface area (Å²) in [7, 11) is 0. The number of likely N-dealkylation sites (tertiary alicyclic amines) is 1. The standard InChI is InChI=1S/C22H24FN3O2/c1-16-5-2-6-19(24-16)20(27)25-13-3-11-22(15-25)12-4-14-26(21(22)28)18-9-7-17(23)8-10-18/h2,5-10H,3-4,11-15H2,1H3. The molecule has 0 saturated carbocycles. The van der Waals surface area contributed by atoms with Crippen molar-refractivity contribution >= 4 is 17.5 Å². The SMILES string of the molecule is Cc1cccc(C(=O)N2CCCC3(CCCN(c4ccc(F)cc4)C3=O)C2)n1. The van der Waals surface area contributed by atoms with Gasteiger partial charge in [0.05, 0.1) is 5.41 Å². The van der Waals surface area contributed by atoms with Gasteiger partial charge < -0.3 is 9.80 Å². The molecule has 5 nitrogen and oxygen atoms in total. The highest BCUT2D eigenvalue weighted by Gasteiger charge is 2.47. The fraction of sp³-hybridized carbons (Fsp3) is 0.409. The lowest BCUT2D eigenvalue weighted by atomic mass is 9.72. The lowest BCUT2D eigenvalue weighted by molar-refractivity contribution is -0.133. The summed E-state index contributed by atoms with van der Waals surface area (Å²) in [5, 5.41) is 0. The Morgan fingerprint density at radius 1 is 1.07 bits per heavy atom. The third kappa shape index (κ3) is 3.39. The second kappa shape index (κ2) is 7.34. The average Bonchev–Trinajstić information content (AvgIpc) is 2.71. The summed E-state index contributed by atoms with van der Waals surface area (Å²) in [4.78, 5) is 34.3. The number of piperidine rings is 2. The van der Waals surface area contributed by atoms with Crippen LogP contribution in [0, 0.1) is 18.2 Å². The Morgan fingerprint density at radius 2 is 1.79 bits per heavy atom. The maximum absolute atomic E-state index is 13.4. The molecule has 0 aliphatic carbocycles. The topological polar surface area (TPSA) is 53.5 Å². The maximum Gasteiger partial charge on any atom is 0.272 e. The van der Waals surface area contributed by atoms with E-state index in [1.54, 1.807) is 28.0 Å². The number of benzene rings is 1. The second-order valence-corrected chi connectivity index (χ2v) is 7.81. The zero-order valence-electron chi connectivity index (χ0n) is 16.0. The number of anilines is 1. The van der Waals surface area contributed by atoms with Crippen molar-refractivity contribution in [2.24, 2.45) is 5.41 Å². The first-order valence-corrected chi connectivity index (χ1v) is 9.79. The van der Waals surface area contributed by atoms with E-state index in [2.05, 4.69) is 4.98 Å². The van der Waals surface area contributed by atoms with E-state index < -0.39 is 5.41 Å². The minimum atomic E-state index is -0.565. The Morgan fingerprint density at radius 3 is 2.50 bits per heavy atom. The van der Waals surface area contributed by atoms with E-state index in [4.69, 9.17) is 0 Å². The van der Waals surface area contributed by atoms with Crippen LogP contribution in [0.1, 0.15) is 41.9 Å². The third-order valence-corrected chi connectivity index (χ3v) is 5.85. The molecule has 2 fully saturated rings. The van der Waals surface area contributed by atoms with Gasteiger partial charge in [0.15, 0.2) is 0 Å². The molecule has 2 aliphatic rings. The molecule has 0 radical (unpaired) electrons. The van der Waals surface area contributed by atoms with Crippen molar-refractivity contribution < 1.29 is 14.0 Å². The van der Waals surface area contributed by atoms with Gasteiger partial charge in [-0.3, -0.25) is 9.59 Å². The first-order valence-electron chi connectivity index (χ1n) is 9.79. The van der Waals surface area contributed by atoms with E-state index in [0.29, 0.717) is 31.0 Å². The van der Waals surface area contributed by atoms with Gasteiger partial charge in [-0.2, -0.15) is 0 Å². The van der Waals surface area contributed by atoms with Gasteiger partial charge in [-0.05, 0) is 69.0 Å². The number of hydrogen-bond donors (Lipinski definition) is 0. The van der Waals surface area contributed by atoms with Gasteiger partial charge in [-0.1, -0.05) is 6.07 Å². The van der Waals surface area contributed by atoms with E-state index in [1.165, 1.54) is 12.1 Å². The minimum Gasteiger partial charge on any atom is -0.336 e.